The number of Topliss-reactive ketones (excluding diaryl/α,β-unsaturated/α-hetero) is 1. The number of carbonyl (C=O) groups excluding carboxylic acids is 2. The molecule has 0 rings (SSSR count). The summed E-state index contributed by atoms with van der Waals surface area (Å²) in [4.78, 5) is 28.3. The zero-order valence-corrected chi connectivity index (χ0v) is 7.59. The molecule has 0 aromatic rings. The van der Waals surface area contributed by atoms with Gasteiger partial charge in [-0.3, -0.25) is 4.79 Å². The number of aliphatic carboxylic acids is 1. The molecule has 0 radical (unpaired) electrons. The van der Waals surface area contributed by atoms with Crippen LogP contribution in [0.15, 0.2) is 0 Å². The van der Waals surface area contributed by atoms with Crippen molar-refractivity contribution in [3.05, 3.63) is 0 Å². The van der Waals surface area contributed by atoms with E-state index in [2.05, 4.69) is 0 Å². The Labute approximate surface area is 69.5 Å². The molecular weight excluding hydrogens is 220 g/mol. The van der Waals surface area contributed by atoms with Crippen molar-refractivity contribution in [1.82, 2.24) is 0 Å². The SMILES string of the molecule is CC(=O)C(=O)O.C[C](=O)[Mo]. The van der Waals surface area contributed by atoms with Crippen molar-refractivity contribution in [2.24, 2.45) is 0 Å². The Morgan fingerprint density at radius 2 is 1.30 bits per heavy atom. The summed E-state index contributed by atoms with van der Waals surface area (Å²) in [7, 11) is 0. The first-order chi connectivity index (χ1) is 4.37. The van der Waals surface area contributed by atoms with Gasteiger partial charge in [0.05, 0.1) is 0 Å². The maximum absolute atomic E-state index is 9.54. The van der Waals surface area contributed by atoms with E-state index in [0.717, 1.165) is 6.92 Å². The molecule has 0 saturated carbocycles. The zero-order valence-electron chi connectivity index (χ0n) is 5.58. The van der Waals surface area contributed by atoms with Gasteiger partial charge in [-0.2, -0.15) is 0 Å². The van der Waals surface area contributed by atoms with E-state index in [4.69, 9.17) is 5.11 Å². The summed E-state index contributed by atoms with van der Waals surface area (Å²) in [6.45, 7) is 2.53. The number of hydrogen-bond donors (Lipinski definition) is 1. The van der Waals surface area contributed by atoms with Gasteiger partial charge in [-0.25, -0.2) is 4.79 Å². The second-order valence-corrected chi connectivity index (χ2v) is 2.77. The minimum atomic E-state index is -1.38. The minimum absolute atomic E-state index is 0.177. The van der Waals surface area contributed by atoms with Gasteiger partial charge in [0.1, 0.15) is 0 Å². The first-order valence-corrected chi connectivity index (χ1v) is 3.29. The topological polar surface area (TPSA) is 71.4 Å². The fourth-order valence-corrected chi connectivity index (χ4v) is 0. The standard InChI is InChI=1S/C3H4O3.C2H3O.Mo/c1-2(4)3(5)6;1-2-3;/h1H3,(H,5,6);1H3;. The molecule has 0 fully saturated rings. The Bertz CT molecular complexity index is 136. The number of hydrogen-bond acceptors (Lipinski definition) is 3. The fourth-order valence-electron chi connectivity index (χ4n) is 0. The third-order valence-corrected chi connectivity index (χ3v) is 0.301. The molecule has 0 aliphatic carbocycles. The quantitative estimate of drug-likeness (QED) is 0.494. The van der Waals surface area contributed by atoms with Crippen LogP contribution < -0.4 is 0 Å². The molecular formula is C5H7MoO4. The maximum atomic E-state index is 9.54. The molecule has 0 aromatic carbocycles. The molecule has 0 spiro atoms. The first kappa shape index (κ1) is 12.2. The molecule has 5 heteroatoms. The Hall–Kier alpha value is -0.502. The van der Waals surface area contributed by atoms with Crippen LogP contribution in [0.3, 0.4) is 0 Å². The Balaban J connectivity index is 0. The van der Waals surface area contributed by atoms with Crippen molar-refractivity contribution < 1.29 is 39.3 Å². The normalized spacial score (nSPS) is 7.00. The van der Waals surface area contributed by atoms with Gasteiger partial charge in [-0.15, -0.1) is 0 Å². The van der Waals surface area contributed by atoms with Crippen molar-refractivity contribution in [2.45, 2.75) is 13.8 Å². The molecule has 0 bridgehead atoms. The van der Waals surface area contributed by atoms with Gasteiger partial charge in [-0.05, 0) is 0 Å². The summed E-state index contributed by atoms with van der Waals surface area (Å²) in [5.41, 5.74) is 0. The average molecular weight is 227 g/mol. The van der Waals surface area contributed by atoms with Crippen LogP contribution in [0.4, 0.5) is 0 Å². The molecule has 0 aromatic heterocycles. The molecule has 0 heterocycles. The van der Waals surface area contributed by atoms with Crippen LogP contribution >= 0.6 is 0 Å². The van der Waals surface area contributed by atoms with Crippen molar-refractivity contribution >= 4 is 15.9 Å². The number of carboxylic acids is 1. The van der Waals surface area contributed by atoms with E-state index in [1.807, 2.05) is 0 Å². The van der Waals surface area contributed by atoms with Crippen LogP contribution in [0.25, 0.3) is 0 Å². The Kier molecular flexibility index (Phi) is 8.07. The average Bonchev–Trinajstić information content (AvgIpc) is 1.63. The van der Waals surface area contributed by atoms with Crippen LogP contribution in [0.1, 0.15) is 13.8 Å². The van der Waals surface area contributed by atoms with E-state index < -0.39 is 11.8 Å². The Morgan fingerprint density at radius 3 is 1.30 bits per heavy atom. The number of carboxylic acid groups (broad SMARTS) is 1. The Morgan fingerprint density at radius 1 is 1.20 bits per heavy atom. The van der Waals surface area contributed by atoms with Crippen molar-refractivity contribution in [1.29, 1.82) is 0 Å². The van der Waals surface area contributed by atoms with E-state index in [1.165, 1.54) is 26.7 Å². The van der Waals surface area contributed by atoms with Crippen LogP contribution in [-0.2, 0) is 34.2 Å². The second kappa shape index (κ2) is 6.62. The third kappa shape index (κ3) is 25.9. The van der Waals surface area contributed by atoms with Crippen LogP contribution in [0, 0.1) is 0 Å². The van der Waals surface area contributed by atoms with Gasteiger partial charge in [0.15, 0.2) is 0 Å². The summed E-state index contributed by atoms with van der Waals surface area (Å²) in [6.07, 6.45) is 0. The van der Waals surface area contributed by atoms with Gasteiger partial charge in [0.25, 0.3) is 0 Å². The number of rotatable bonds is 1. The third-order valence-electron chi connectivity index (χ3n) is 0.301. The van der Waals surface area contributed by atoms with E-state index in [0.29, 0.717) is 0 Å². The molecule has 10 heavy (non-hydrogen) atoms. The molecule has 0 amide bonds. The van der Waals surface area contributed by atoms with Crippen molar-refractivity contribution in [3.63, 3.8) is 0 Å². The molecule has 57 valence electrons. The molecule has 0 aliphatic heterocycles. The molecule has 0 atom stereocenters. The summed E-state index contributed by atoms with van der Waals surface area (Å²) < 4.78 is 0.177. The van der Waals surface area contributed by atoms with Gasteiger partial charge < -0.3 is 5.11 Å². The summed E-state index contributed by atoms with van der Waals surface area (Å²) in [5, 5.41) is 7.64. The predicted octanol–water partition coefficient (Wildman–Crippen LogP) is -0.260. The van der Waals surface area contributed by atoms with Gasteiger partial charge in [-0.1, -0.05) is 0 Å². The van der Waals surface area contributed by atoms with Crippen LogP contribution in [0.2, 0.25) is 0 Å². The predicted molar refractivity (Wildman–Crippen MR) is 29.0 cm³/mol. The number of ketones is 1. The fraction of sp³-hybridized carbons (Fsp3) is 0.400. The zero-order chi connectivity index (χ0) is 8.73. The molecule has 0 aliphatic rings. The summed E-state index contributed by atoms with van der Waals surface area (Å²) >= 11 is 1.47. The number of carbonyl (C=O) groups is 3. The van der Waals surface area contributed by atoms with E-state index in [1.54, 1.807) is 0 Å². The second-order valence-electron chi connectivity index (χ2n) is 1.35. The van der Waals surface area contributed by atoms with Crippen molar-refractivity contribution in [2.75, 3.05) is 0 Å². The van der Waals surface area contributed by atoms with Crippen molar-refractivity contribution in [3.8, 4) is 0 Å². The van der Waals surface area contributed by atoms with E-state index in [-0.39, 0.29) is 4.17 Å². The molecule has 4 nitrogen and oxygen atoms in total. The molecule has 0 saturated heterocycles. The molecule has 1 N–H and O–H groups in total. The van der Waals surface area contributed by atoms with Crippen LogP contribution in [-0.4, -0.2) is 21.0 Å². The van der Waals surface area contributed by atoms with Crippen LogP contribution in [0.5, 0.6) is 0 Å². The summed E-state index contributed by atoms with van der Waals surface area (Å²) in [5.74, 6) is -2.20. The van der Waals surface area contributed by atoms with Gasteiger partial charge in [0, 0.05) is 6.92 Å². The summed E-state index contributed by atoms with van der Waals surface area (Å²) in [6, 6.07) is 0. The van der Waals surface area contributed by atoms with Gasteiger partial charge >= 0.3 is 41.7 Å². The van der Waals surface area contributed by atoms with E-state index >= 15 is 0 Å². The first-order valence-electron chi connectivity index (χ1n) is 2.29. The monoisotopic (exact) mass is 229 g/mol. The van der Waals surface area contributed by atoms with E-state index in [9.17, 15) is 14.4 Å². The van der Waals surface area contributed by atoms with Gasteiger partial charge in [0.2, 0.25) is 5.78 Å². The molecule has 0 unspecified atom stereocenters.